The van der Waals surface area contributed by atoms with E-state index in [-0.39, 0.29) is 5.83 Å². The highest BCUT2D eigenvalue weighted by molar-refractivity contribution is 6.74. The van der Waals surface area contributed by atoms with Gasteiger partial charge in [-0.25, -0.2) is 4.39 Å². The molecule has 0 saturated carbocycles. The molecule has 0 saturated heterocycles. The molecule has 0 spiro atoms. The summed E-state index contributed by atoms with van der Waals surface area (Å²) in [6.07, 6.45) is 4.66. The normalized spacial score (nSPS) is 14.9. The Hall–Kier alpha value is -1.09. The quantitative estimate of drug-likeness (QED) is 0.499. The minimum Gasteiger partial charge on any atom is -0.541 e. The summed E-state index contributed by atoms with van der Waals surface area (Å²) in [4.78, 5) is 0. The Morgan fingerprint density at radius 2 is 1.55 bits per heavy atom. The molecule has 0 unspecified atom stereocenters. The fraction of sp³-hybridized carbons (Fsp3) is 0.579. The molecule has 0 fully saturated rings. The first-order chi connectivity index (χ1) is 10.7. The highest BCUT2D eigenvalue weighted by Gasteiger charge is 2.36. The molecule has 1 aliphatic carbocycles. The van der Waals surface area contributed by atoms with Gasteiger partial charge in [-0.1, -0.05) is 64.3 Å². The van der Waals surface area contributed by atoms with Crippen molar-refractivity contribution in [2.24, 2.45) is 0 Å². The lowest BCUT2D eigenvalue weighted by Gasteiger charge is -2.34. The third kappa shape index (κ3) is 3.81. The molecule has 3 heteroatoms. The lowest BCUT2D eigenvalue weighted by molar-refractivity contribution is 0.442. The molecule has 0 amide bonds. The fourth-order valence-electron chi connectivity index (χ4n) is 3.69. The van der Waals surface area contributed by atoms with Gasteiger partial charge in [0, 0.05) is 12.0 Å². The summed E-state index contributed by atoms with van der Waals surface area (Å²) < 4.78 is 21.1. The van der Waals surface area contributed by atoms with Crippen LogP contribution in [0.25, 0.3) is 5.76 Å². The number of aryl methyl sites for hydroxylation is 1. The van der Waals surface area contributed by atoms with Gasteiger partial charge in [-0.05, 0) is 30.1 Å². The van der Waals surface area contributed by atoms with Crippen LogP contribution in [0.1, 0.15) is 57.6 Å². The third-order valence-electron chi connectivity index (χ3n) is 4.56. The molecule has 122 valence electrons. The van der Waals surface area contributed by atoms with Crippen molar-refractivity contribution in [1.29, 1.82) is 0 Å². The largest absolute Gasteiger partial charge is 0.541 e. The molecule has 22 heavy (non-hydrogen) atoms. The molecular formula is C19H29FOSi. The molecule has 1 nitrogen and oxygen atoms in total. The Kier molecular flexibility index (Phi) is 6.24. The van der Waals surface area contributed by atoms with Crippen molar-refractivity contribution < 1.29 is 8.82 Å². The maximum atomic E-state index is 14.6. The lowest BCUT2D eigenvalue weighted by Crippen LogP contribution is -2.37. The summed E-state index contributed by atoms with van der Waals surface area (Å²) in [5.74, 6) is 0.530. The van der Waals surface area contributed by atoms with Crippen LogP contribution in [0.3, 0.4) is 0 Å². The van der Waals surface area contributed by atoms with Gasteiger partial charge in [0.05, 0.1) is 0 Å². The van der Waals surface area contributed by atoms with E-state index in [2.05, 4.69) is 26.8 Å². The SMILES string of the molecule is CCC[Si](CCC)(CCC)OC1=C(F)CCc2ccccc21. The molecular weight excluding hydrogens is 291 g/mol. The van der Waals surface area contributed by atoms with E-state index in [4.69, 9.17) is 4.43 Å². The molecule has 0 heterocycles. The van der Waals surface area contributed by atoms with Gasteiger partial charge >= 0.3 is 0 Å². The standard InChI is InChI=1S/C19H29FOSi/c1-4-13-22(14-5-2,15-6-3)21-19-17-10-8-7-9-16(17)11-12-18(19)20/h7-10H,4-6,11-15H2,1-3H3. The van der Waals surface area contributed by atoms with Crippen LogP contribution in [0.4, 0.5) is 4.39 Å². The number of hydrogen-bond acceptors (Lipinski definition) is 1. The van der Waals surface area contributed by atoms with Crippen LogP contribution in [0, 0.1) is 0 Å². The van der Waals surface area contributed by atoms with E-state index < -0.39 is 8.32 Å². The van der Waals surface area contributed by atoms with Crippen molar-refractivity contribution in [2.45, 2.75) is 71.0 Å². The van der Waals surface area contributed by atoms with Crippen molar-refractivity contribution in [3.8, 4) is 0 Å². The Morgan fingerprint density at radius 3 is 2.14 bits per heavy atom. The van der Waals surface area contributed by atoms with Crippen LogP contribution in [-0.4, -0.2) is 8.32 Å². The first-order valence-electron chi connectivity index (χ1n) is 8.81. The van der Waals surface area contributed by atoms with E-state index in [1.165, 1.54) is 5.56 Å². The van der Waals surface area contributed by atoms with Crippen molar-refractivity contribution in [3.05, 3.63) is 41.2 Å². The first kappa shape index (κ1) is 17.3. The number of fused-ring (bicyclic) bond motifs is 1. The molecule has 1 aromatic rings. The van der Waals surface area contributed by atoms with Gasteiger partial charge in [-0.15, -0.1) is 0 Å². The summed E-state index contributed by atoms with van der Waals surface area (Å²) in [7, 11) is -1.89. The highest BCUT2D eigenvalue weighted by Crippen LogP contribution is 2.38. The third-order valence-corrected chi connectivity index (χ3v) is 9.43. The van der Waals surface area contributed by atoms with Gasteiger partial charge in [-0.3, -0.25) is 0 Å². The van der Waals surface area contributed by atoms with Crippen LogP contribution in [0.2, 0.25) is 18.1 Å². The van der Waals surface area contributed by atoms with Crippen LogP contribution in [0.5, 0.6) is 0 Å². The Morgan fingerprint density at radius 1 is 0.955 bits per heavy atom. The van der Waals surface area contributed by atoms with E-state index in [0.29, 0.717) is 12.2 Å². The monoisotopic (exact) mass is 320 g/mol. The predicted molar refractivity (Wildman–Crippen MR) is 94.9 cm³/mol. The second kappa shape index (κ2) is 7.96. The van der Waals surface area contributed by atoms with Crippen LogP contribution in [-0.2, 0) is 10.8 Å². The van der Waals surface area contributed by atoms with Crippen molar-refractivity contribution in [2.75, 3.05) is 0 Å². The Labute approximate surface area is 135 Å². The lowest BCUT2D eigenvalue weighted by atomic mass is 9.95. The van der Waals surface area contributed by atoms with Crippen LogP contribution < -0.4 is 0 Å². The fourth-order valence-corrected chi connectivity index (χ4v) is 8.13. The number of hydrogen-bond donors (Lipinski definition) is 0. The van der Waals surface area contributed by atoms with Gasteiger partial charge in [0.25, 0.3) is 8.32 Å². The maximum absolute atomic E-state index is 14.6. The van der Waals surface area contributed by atoms with Gasteiger partial charge in [0.15, 0.2) is 0 Å². The smallest absolute Gasteiger partial charge is 0.251 e. The molecule has 0 aliphatic heterocycles. The summed E-state index contributed by atoms with van der Waals surface area (Å²) in [6, 6.07) is 11.5. The van der Waals surface area contributed by atoms with Crippen LogP contribution in [0.15, 0.2) is 30.1 Å². The van der Waals surface area contributed by atoms with Gasteiger partial charge < -0.3 is 4.43 Å². The molecule has 1 aromatic carbocycles. The molecule has 0 radical (unpaired) electrons. The summed E-state index contributed by atoms with van der Waals surface area (Å²) >= 11 is 0. The van der Waals surface area contributed by atoms with Crippen molar-refractivity contribution >= 4 is 14.1 Å². The van der Waals surface area contributed by atoms with E-state index in [9.17, 15) is 4.39 Å². The van der Waals surface area contributed by atoms with Crippen molar-refractivity contribution in [1.82, 2.24) is 0 Å². The average Bonchev–Trinajstić information content (AvgIpc) is 2.51. The average molecular weight is 321 g/mol. The van der Waals surface area contributed by atoms with E-state index in [0.717, 1.165) is 49.4 Å². The zero-order valence-corrected chi connectivity index (χ0v) is 15.3. The second-order valence-electron chi connectivity index (χ2n) is 6.43. The summed E-state index contributed by atoms with van der Waals surface area (Å²) in [6.45, 7) is 6.65. The summed E-state index contributed by atoms with van der Waals surface area (Å²) in [5.41, 5.74) is 2.22. The van der Waals surface area contributed by atoms with E-state index >= 15 is 0 Å². The maximum Gasteiger partial charge on any atom is 0.251 e. The molecule has 0 N–H and O–H groups in total. The number of allylic oxidation sites excluding steroid dienone is 1. The zero-order valence-electron chi connectivity index (χ0n) is 14.3. The van der Waals surface area contributed by atoms with Gasteiger partial charge in [-0.2, -0.15) is 0 Å². The molecule has 0 aromatic heterocycles. The highest BCUT2D eigenvalue weighted by atomic mass is 28.4. The Balaban J connectivity index is 2.35. The second-order valence-corrected chi connectivity index (χ2v) is 10.5. The molecule has 0 bridgehead atoms. The molecule has 2 rings (SSSR count). The number of halogens is 1. The van der Waals surface area contributed by atoms with Crippen LogP contribution >= 0.6 is 0 Å². The van der Waals surface area contributed by atoms with E-state index in [1.54, 1.807) is 0 Å². The molecule has 1 aliphatic rings. The number of benzene rings is 1. The zero-order chi connectivity index (χ0) is 16.0. The summed E-state index contributed by atoms with van der Waals surface area (Å²) in [5, 5.41) is 0. The van der Waals surface area contributed by atoms with Gasteiger partial charge in [0.1, 0.15) is 11.6 Å². The topological polar surface area (TPSA) is 9.23 Å². The minimum atomic E-state index is -1.89. The predicted octanol–water partition coefficient (Wildman–Crippen LogP) is 6.46. The Bertz CT molecular complexity index is 507. The number of rotatable bonds is 8. The minimum absolute atomic E-state index is 0.0427. The molecule has 0 atom stereocenters. The van der Waals surface area contributed by atoms with E-state index in [1.807, 2.05) is 18.2 Å². The van der Waals surface area contributed by atoms with Gasteiger partial charge in [0.2, 0.25) is 0 Å². The first-order valence-corrected chi connectivity index (χ1v) is 11.3. The van der Waals surface area contributed by atoms with Crippen molar-refractivity contribution in [3.63, 3.8) is 0 Å².